The molecule has 0 spiro atoms. The van der Waals surface area contributed by atoms with Gasteiger partial charge in [-0.05, 0) is 68.9 Å². The number of anilines is 1. The summed E-state index contributed by atoms with van der Waals surface area (Å²) in [5.41, 5.74) is 2.09. The van der Waals surface area contributed by atoms with Crippen molar-refractivity contribution in [1.82, 2.24) is 5.32 Å². The van der Waals surface area contributed by atoms with E-state index in [4.69, 9.17) is 33.3 Å². The molecule has 0 aromatic heterocycles. The maximum Gasteiger partial charge on any atom is 0.339 e. The van der Waals surface area contributed by atoms with Crippen molar-refractivity contribution in [2.45, 2.75) is 33.4 Å². The summed E-state index contributed by atoms with van der Waals surface area (Å²) in [6.07, 6.45) is 0.146. The average molecular weight is 407 g/mol. The zero-order valence-electron chi connectivity index (χ0n) is 15.5. The minimum atomic E-state index is -0.445. The Balaban J connectivity index is 1.88. The van der Waals surface area contributed by atoms with Gasteiger partial charge in [0.05, 0.1) is 23.3 Å². The van der Waals surface area contributed by atoms with Crippen LogP contribution in [0, 0.1) is 0 Å². The molecule has 0 aliphatic carbocycles. The van der Waals surface area contributed by atoms with Crippen molar-refractivity contribution in [1.29, 1.82) is 0 Å². The van der Waals surface area contributed by atoms with Gasteiger partial charge in [0.25, 0.3) is 0 Å². The monoisotopic (exact) mass is 406 g/mol. The van der Waals surface area contributed by atoms with E-state index >= 15 is 0 Å². The Kier molecular flexibility index (Phi) is 7.88. The number of halogens is 1. The SMILES string of the molecule is CCOC(=O)c1ccc(NC(=S)NCc2ccc(OC(C)C)cc2)cc1Cl. The van der Waals surface area contributed by atoms with Gasteiger partial charge in [0.2, 0.25) is 0 Å². The molecule has 0 unspecified atom stereocenters. The summed E-state index contributed by atoms with van der Waals surface area (Å²) >= 11 is 11.5. The first-order valence-corrected chi connectivity index (χ1v) is 9.44. The molecule has 0 saturated heterocycles. The predicted molar refractivity (Wildman–Crippen MR) is 113 cm³/mol. The normalized spacial score (nSPS) is 10.4. The van der Waals surface area contributed by atoms with Crippen molar-refractivity contribution in [3.05, 3.63) is 58.6 Å². The minimum Gasteiger partial charge on any atom is -0.491 e. The molecule has 0 aliphatic rings. The lowest BCUT2D eigenvalue weighted by atomic mass is 10.2. The quantitative estimate of drug-likeness (QED) is 0.509. The number of benzene rings is 2. The van der Waals surface area contributed by atoms with Crippen molar-refractivity contribution in [3.8, 4) is 5.75 Å². The molecule has 2 rings (SSSR count). The number of rotatable bonds is 7. The molecule has 0 heterocycles. The molecule has 5 nitrogen and oxygen atoms in total. The fourth-order valence-corrected chi connectivity index (χ4v) is 2.73. The second-order valence-electron chi connectivity index (χ2n) is 6.03. The van der Waals surface area contributed by atoms with Crippen LogP contribution in [0.15, 0.2) is 42.5 Å². The Morgan fingerprint density at radius 2 is 1.89 bits per heavy atom. The van der Waals surface area contributed by atoms with Crippen molar-refractivity contribution < 1.29 is 14.3 Å². The van der Waals surface area contributed by atoms with Crippen LogP contribution in [-0.4, -0.2) is 23.8 Å². The molecule has 2 aromatic rings. The number of ether oxygens (including phenoxy) is 2. The zero-order chi connectivity index (χ0) is 19.8. The summed E-state index contributed by atoms with van der Waals surface area (Å²) in [5, 5.41) is 6.94. The molecule has 0 radical (unpaired) electrons. The highest BCUT2D eigenvalue weighted by atomic mass is 35.5. The van der Waals surface area contributed by atoms with Crippen LogP contribution in [-0.2, 0) is 11.3 Å². The van der Waals surface area contributed by atoms with Crippen molar-refractivity contribution >= 4 is 40.6 Å². The first-order chi connectivity index (χ1) is 12.9. The molecular formula is C20H23ClN2O3S. The number of thiocarbonyl (C=S) groups is 1. The second-order valence-corrected chi connectivity index (χ2v) is 6.85. The summed E-state index contributed by atoms with van der Waals surface area (Å²) in [7, 11) is 0. The first kappa shape index (κ1) is 21.0. The zero-order valence-corrected chi connectivity index (χ0v) is 17.1. The highest BCUT2D eigenvalue weighted by Crippen LogP contribution is 2.22. The molecule has 0 bridgehead atoms. The van der Waals surface area contributed by atoms with Crippen molar-refractivity contribution in [2.75, 3.05) is 11.9 Å². The second kappa shape index (κ2) is 10.1. The van der Waals surface area contributed by atoms with E-state index in [1.165, 1.54) is 0 Å². The number of carbonyl (C=O) groups is 1. The van der Waals surface area contributed by atoms with Gasteiger partial charge in [-0.15, -0.1) is 0 Å². The molecule has 0 atom stereocenters. The number of nitrogens with one attached hydrogen (secondary N) is 2. The fraction of sp³-hybridized carbons (Fsp3) is 0.300. The summed E-state index contributed by atoms with van der Waals surface area (Å²) in [4.78, 5) is 11.8. The van der Waals surface area contributed by atoms with Gasteiger partial charge in [0.1, 0.15) is 5.75 Å². The Morgan fingerprint density at radius 1 is 1.19 bits per heavy atom. The summed E-state index contributed by atoms with van der Waals surface area (Å²) < 4.78 is 10.6. The van der Waals surface area contributed by atoms with Crippen molar-refractivity contribution in [2.24, 2.45) is 0 Å². The molecule has 2 aromatic carbocycles. The average Bonchev–Trinajstić information content (AvgIpc) is 2.61. The molecule has 2 N–H and O–H groups in total. The molecule has 0 aliphatic heterocycles. The number of esters is 1. The number of hydrogen-bond donors (Lipinski definition) is 2. The van der Waals surface area contributed by atoms with Gasteiger partial charge < -0.3 is 20.1 Å². The maximum atomic E-state index is 11.8. The van der Waals surface area contributed by atoms with Gasteiger partial charge >= 0.3 is 5.97 Å². The molecular weight excluding hydrogens is 384 g/mol. The Bertz CT molecular complexity index is 794. The van der Waals surface area contributed by atoms with E-state index in [0.717, 1.165) is 11.3 Å². The van der Waals surface area contributed by atoms with E-state index in [0.29, 0.717) is 34.5 Å². The third-order valence-corrected chi connectivity index (χ3v) is 4.03. The third kappa shape index (κ3) is 6.73. The van der Waals surface area contributed by atoms with Crippen LogP contribution in [0.3, 0.4) is 0 Å². The number of carbonyl (C=O) groups excluding carboxylic acids is 1. The van der Waals surface area contributed by atoms with E-state index in [1.807, 2.05) is 38.1 Å². The lowest BCUT2D eigenvalue weighted by Crippen LogP contribution is -2.27. The molecule has 0 fully saturated rings. The largest absolute Gasteiger partial charge is 0.491 e. The van der Waals surface area contributed by atoms with E-state index in [2.05, 4.69) is 10.6 Å². The van der Waals surface area contributed by atoms with Crippen LogP contribution in [0.4, 0.5) is 5.69 Å². The lowest BCUT2D eigenvalue weighted by molar-refractivity contribution is 0.0526. The molecule has 7 heteroatoms. The fourth-order valence-electron chi connectivity index (χ4n) is 2.28. The maximum absolute atomic E-state index is 11.8. The Labute approximate surface area is 170 Å². The van der Waals surface area contributed by atoms with Gasteiger partial charge in [-0.25, -0.2) is 4.79 Å². The highest BCUT2D eigenvalue weighted by molar-refractivity contribution is 7.80. The highest BCUT2D eigenvalue weighted by Gasteiger charge is 2.12. The number of hydrogen-bond acceptors (Lipinski definition) is 4. The summed E-state index contributed by atoms with van der Waals surface area (Å²) in [5.74, 6) is 0.394. The van der Waals surface area contributed by atoms with E-state index in [9.17, 15) is 4.79 Å². The van der Waals surface area contributed by atoms with Crippen LogP contribution in [0.1, 0.15) is 36.7 Å². The van der Waals surface area contributed by atoms with E-state index in [-0.39, 0.29) is 6.10 Å². The molecule has 0 saturated carbocycles. The summed E-state index contributed by atoms with van der Waals surface area (Å²) in [6.45, 7) is 6.60. The van der Waals surface area contributed by atoms with Crippen LogP contribution >= 0.6 is 23.8 Å². The topological polar surface area (TPSA) is 59.6 Å². The predicted octanol–water partition coefficient (Wildman–Crippen LogP) is 4.79. The first-order valence-electron chi connectivity index (χ1n) is 8.66. The van der Waals surface area contributed by atoms with Crippen LogP contribution in [0.2, 0.25) is 5.02 Å². The Morgan fingerprint density at radius 3 is 2.48 bits per heavy atom. The van der Waals surface area contributed by atoms with Crippen LogP contribution < -0.4 is 15.4 Å². The van der Waals surface area contributed by atoms with Crippen LogP contribution in [0.5, 0.6) is 5.75 Å². The summed E-state index contributed by atoms with van der Waals surface area (Å²) in [6, 6.07) is 12.8. The van der Waals surface area contributed by atoms with Gasteiger partial charge in [-0.3, -0.25) is 0 Å². The van der Waals surface area contributed by atoms with Gasteiger partial charge in [-0.1, -0.05) is 23.7 Å². The Hall–Kier alpha value is -2.31. The van der Waals surface area contributed by atoms with E-state index < -0.39 is 5.97 Å². The van der Waals surface area contributed by atoms with E-state index in [1.54, 1.807) is 25.1 Å². The third-order valence-electron chi connectivity index (χ3n) is 3.47. The minimum absolute atomic E-state index is 0.146. The van der Waals surface area contributed by atoms with Crippen molar-refractivity contribution in [3.63, 3.8) is 0 Å². The molecule has 0 amide bonds. The molecule has 144 valence electrons. The van der Waals surface area contributed by atoms with Crippen LogP contribution in [0.25, 0.3) is 0 Å². The van der Waals surface area contributed by atoms with Gasteiger partial charge in [0.15, 0.2) is 5.11 Å². The smallest absolute Gasteiger partial charge is 0.339 e. The lowest BCUT2D eigenvalue weighted by Gasteiger charge is -2.13. The molecule has 27 heavy (non-hydrogen) atoms. The van der Waals surface area contributed by atoms with Gasteiger partial charge in [-0.2, -0.15) is 0 Å². The standard InChI is InChI=1S/C20H23ClN2O3S/c1-4-25-19(24)17-10-7-15(11-18(17)21)23-20(27)22-12-14-5-8-16(9-6-14)26-13(2)3/h5-11,13H,4,12H2,1-3H3,(H2,22,23,27). The van der Waals surface area contributed by atoms with Gasteiger partial charge in [0, 0.05) is 12.2 Å².